The molecule has 1 saturated heterocycles. The van der Waals surface area contributed by atoms with Crippen LogP contribution in [0, 0.1) is 0 Å². The molecule has 0 radical (unpaired) electrons. The SMILES string of the molecule is COc1ccc2cc([C@H]3CN(c4cc(N)ncn4)CCO3)ccc2c1. The zero-order chi connectivity index (χ0) is 17.2. The van der Waals surface area contributed by atoms with Crippen molar-refractivity contribution in [1.29, 1.82) is 0 Å². The van der Waals surface area contributed by atoms with E-state index >= 15 is 0 Å². The fourth-order valence-electron chi connectivity index (χ4n) is 3.16. The highest BCUT2D eigenvalue weighted by molar-refractivity contribution is 5.84. The van der Waals surface area contributed by atoms with Crippen molar-refractivity contribution in [3.63, 3.8) is 0 Å². The molecule has 2 aromatic carbocycles. The van der Waals surface area contributed by atoms with E-state index < -0.39 is 0 Å². The molecule has 4 rings (SSSR count). The van der Waals surface area contributed by atoms with Gasteiger partial charge in [-0.2, -0.15) is 0 Å². The quantitative estimate of drug-likeness (QED) is 0.793. The topological polar surface area (TPSA) is 73.5 Å². The highest BCUT2D eigenvalue weighted by Crippen LogP contribution is 2.29. The van der Waals surface area contributed by atoms with Crippen molar-refractivity contribution in [3.05, 3.63) is 54.4 Å². The summed E-state index contributed by atoms with van der Waals surface area (Å²) in [4.78, 5) is 10.5. The van der Waals surface area contributed by atoms with E-state index in [1.165, 1.54) is 11.7 Å². The third-order valence-corrected chi connectivity index (χ3v) is 4.51. The van der Waals surface area contributed by atoms with Crippen LogP contribution in [0.3, 0.4) is 0 Å². The summed E-state index contributed by atoms with van der Waals surface area (Å²) < 4.78 is 11.3. The summed E-state index contributed by atoms with van der Waals surface area (Å²) >= 11 is 0. The van der Waals surface area contributed by atoms with Crippen molar-refractivity contribution < 1.29 is 9.47 Å². The molecular weight excluding hydrogens is 316 g/mol. The van der Waals surface area contributed by atoms with E-state index in [1.807, 2.05) is 12.1 Å². The number of nitrogen functional groups attached to an aromatic ring is 1. The van der Waals surface area contributed by atoms with Gasteiger partial charge in [-0.1, -0.05) is 18.2 Å². The fraction of sp³-hybridized carbons (Fsp3) is 0.263. The highest BCUT2D eigenvalue weighted by Gasteiger charge is 2.23. The summed E-state index contributed by atoms with van der Waals surface area (Å²) in [7, 11) is 1.68. The van der Waals surface area contributed by atoms with Gasteiger partial charge in [-0.3, -0.25) is 0 Å². The number of methoxy groups -OCH3 is 1. The summed E-state index contributed by atoms with van der Waals surface area (Å²) in [5, 5.41) is 2.32. The predicted octanol–water partition coefficient (Wildman–Crippen LogP) is 2.80. The molecule has 0 bridgehead atoms. The molecule has 1 aliphatic heterocycles. The van der Waals surface area contributed by atoms with Gasteiger partial charge >= 0.3 is 0 Å². The first kappa shape index (κ1) is 15.7. The Balaban J connectivity index is 1.59. The van der Waals surface area contributed by atoms with Gasteiger partial charge in [-0.15, -0.1) is 0 Å². The van der Waals surface area contributed by atoms with Crippen LogP contribution in [0.1, 0.15) is 11.7 Å². The summed E-state index contributed by atoms with van der Waals surface area (Å²) in [5.41, 5.74) is 6.93. The number of rotatable bonds is 3. The summed E-state index contributed by atoms with van der Waals surface area (Å²) in [6, 6.07) is 14.3. The Labute approximate surface area is 146 Å². The Morgan fingerprint density at radius 3 is 2.80 bits per heavy atom. The first-order valence-corrected chi connectivity index (χ1v) is 8.25. The standard InChI is InChI=1S/C19H20N4O2/c1-24-16-5-4-13-8-15(3-2-14(13)9-16)17-11-23(6-7-25-17)19-10-18(20)21-12-22-19/h2-5,8-10,12,17H,6-7,11H2,1H3,(H2,20,21,22)/t17-/m1/s1. The molecule has 1 fully saturated rings. The second kappa shape index (κ2) is 6.57. The average Bonchev–Trinajstić information content (AvgIpc) is 2.67. The summed E-state index contributed by atoms with van der Waals surface area (Å²) in [6.45, 7) is 2.17. The number of benzene rings is 2. The van der Waals surface area contributed by atoms with Gasteiger partial charge in [-0.05, 0) is 34.5 Å². The minimum Gasteiger partial charge on any atom is -0.497 e. The Hall–Kier alpha value is -2.86. The third kappa shape index (κ3) is 3.21. The Kier molecular flexibility index (Phi) is 4.11. The maximum absolute atomic E-state index is 6.00. The molecule has 25 heavy (non-hydrogen) atoms. The van der Waals surface area contributed by atoms with Crippen molar-refractivity contribution in [2.24, 2.45) is 0 Å². The van der Waals surface area contributed by atoms with Gasteiger partial charge in [0.05, 0.1) is 13.7 Å². The Morgan fingerprint density at radius 1 is 1.12 bits per heavy atom. The van der Waals surface area contributed by atoms with Crippen molar-refractivity contribution in [1.82, 2.24) is 9.97 Å². The number of fused-ring (bicyclic) bond motifs is 1. The van der Waals surface area contributed by atoms with Gasteiger partial charge in [0, 0.05) is 19.2 Å². The van der Waals surface area contributed by atoms with Crippen LogP contribution in [-0.4, -0.2) is 36.8 Å². The lowest BCUT2D eigenvalue weighted by atomic mass is 10.0. The second-order valence-corrected chi connectivity index (χ2v) is 6.08. The molecule has 0 amide bonds. The number of nitrogens with zero attached hydrogens (tertiary/aromatic N) is 3. The average molecular weight is 336 g/mol. The van der Waals surface area contributed by atoms with Gasteiger partial charge in [0.2, 0.25) is 0 Å². The van der Waals surface area contributed by atoms with Crippen LogP contribution < -0.4 is 15.4 Å². The van der Waals surface area contributed by atoms with Crippen molar-refractivity contribution in [3.8, 4) is 5.75 Å². The minimum atomic E-state index is -0.00329. The monoisotopic (exact) mass is 336 g/mol. The summed E-state index contributed by atoms with van der Waals surface area (Å²) in [5.74, 6) is 2.18. The molecule has 3 aromatic rings. The number of nitrogens with two attached hydrogens (primary N) is 1. The molecule has 6 nitrogen and oxygen atoms in total. The van der Waals surface area contributed by atoms with Crippen LogP contribution in [0.2, 0.25) is 0 Å². The normalized spacial score (nSPS) is 17.6. The molecule has 0 spiro atoms. The number of anilines is 2. The minimum absolute atomic E-state index is 0.00329. The molecule has 1 aliphatic rings. The zero-order valence-electron chi connectivity index (χ0n) is 14.1. The molecule has 2 heterocycles. The van der Waals surface area contributed by atoms with E-state index in [4.69, 9.17) is 15.2 Å². The lowest BCUT2D eigenvalue weighted by Gasteiger charge is -2.34. The van der Waals surface area contributed by atoms with E-state index in [2.05, 4.69) is 39.1 Å². The molecule has 1 aromatic heterocycles. The van der Waals surface area contributed by atoms with E-state index in [-0.39, 0.29) is 6.10 Å². The van der Waals surface area contributed by atoms with E-state index in [0.717, 1.165) is 35.6 Å². The Bertz CT molecular complexity index is 899. The molecule has 128 valence electrons. The lowest BCUT2D eigenvalue weighted by molar-refractivity contribution is 0.0396. The first-order valence-electron chi connectivity index (χ1n) is 8.25. The van der Waals surface area contributed by atoms with E-state index in [1.54, 1.807) is 13.2 Å². The first-order chi connectivity index (χ1) is 12.2. The predicted molar refractivity (Wildman–Crippen MR) is 97.9 cm³/mol. The molecule has 6 heteroatoms. The van der Waals surface area contributed by atoms with Gasteiger partial charge < -0.3 is 20.1 Å². The van der Waals surface area contributed by atoms with Gasteiger partial charge in [0.25, 0.3) is 0 Å². The van der Waals surface area contributed by atoms with Crippen LogP contribution >= 0.6 is 0 Å². The number of morpholine rings is 1. The maximum Gasteiger partial charge on any atom is 0.134 e. The molecule has 2 N–H and O–H groups in total. The Morgan fingerprint density at radius 2 is 1.96 bits per heavy atom. The second-order valence-electron chi connectivity index (χ2n) is 6.08. The highest BCUT2D eigenvalue weighted by atomic mass is 16.5. The largest absolute Gasteiger partial charge is 0.497 e. The lowest BCUT2D eigenvalue weighted by Crippen LogP contribution is -2.38. The van der Waals surface area contributed by atoms with Crippen LogP contribution in [0.25, 0.3) is 10.8 Å². The third-order valence-electron chi connectivity index (χ3n) is 4.51. The van der Waals surface area contributed by atoms with Crippen molar-refractivity contribution in [2.75, 3.05) is 37.4 Å². The van der Waals surface area contributed by atoms with E-state index in [9.17, 15) is 0 Å². The molecule has 0 aliphatic carbocycles. The number of aromatic nitrogens is 2. The number of hydrogen-bond donors (Lipinski definition) is 1. The number of hydrogen-bond acceptors (Lipinski definition) is 6. The van der Waals surface area contributed by atoms with Crippen molar-refractivity contribution >= 4 is 22.4 Å². The summed E-state index contributed by atoms with van der Waals surface area (Å²) in [6.07, 6.45) is 1.50. The van der Waals surface area contributed by atoms with E-state index in [0.29, 0.717) is 12.4 Å². The van der Waals surface area contributed by atoms with Gasteiger partial charge in [-0.25, -0.2) is 9.97 Å². The molecule has 1 atom stereocenters. The zero-order valence-corrected chi connectivity index (χ0v) is 14.1. The fourth-order valence-corrected chi connectivity index (χ4v) is 3.16. The number of ether oxygens (including phenoxy) is 2. The van der Waals surface area contributed by atoms with Gasteiger partial charge in [0.15, 0.2) is 0 Å². The van der Waals surface area contributed by atoms with Crippen LogP contribution in [-0.2, 0) is 4.74 Å². The van der Waals surface area contributed by atoms with Gasteiger partial charge in [0.1, 0.15) is 29.8 Å². The smallest absolute Gasteiger partial charge is 0.134 e. The molecule has 0 unspecified atom stereocenters. The van der Waals surface area contributed by atoms with Crippen LogP contribution in [0.5, 0.6) is 5.75 Å². The van der Waals surface area contributed by atoms with Crippen LogP contribution in [0.4, 0.5) is 11.6 Å². The molecule has 0 saturated carbocycles. The molecular formula is C19H20N4O2. The van der Waals surface area contributed by atoms with Crippen LogP contribution in [0.15, 0.2) is 48.8 Å². The van der Waals surface area contributed by atoms with Crippen molar-refractivity contribution in [2.45, 2.75) is 6.10 Å². The maximum atomic E-state index is 6.00.